The lowest BCUT2D eigenvalue weighted by Crippen LogP contribution is -2.52. The third-order valence-corrected chi connectivity index (χ3v) is 6.18. The highest BCUT2D eigenvalue weighted by atomic mass is 32.2. The Bertz CT molecular complexity index is 731. The van der Waals surface area contributed by atoms with Crippen molar-refractivity contribution in [2.45, 2.75) is 38.7 Å². The van der Waals surface area contributed by atoms with Crippen molar-refractivity contribution in [3.63, 3.8) is 0 Å². The Morgan fingerprint density at radius 3 is 2.41 bits per heavy atom. The van der Waals surface area contributed by atoms with Gasteiger partial charge >= 0.3 is 0 Å². The lowest BCUT2D eigenvalue weighted by Gasteiger charge is -2.43. The van der Waals surface area contributed by atoms with Crippen molar-refractivity contribution < 1.29 is 17.9 Å². The first kappa shape index (κ1) is 15.5. The van der Waals surface area contributed by atoms with Gasteiger partial charge in [-0.25, -0.2) is 12.7 Å². The van der Waals surface area contributed by atoms with Gasteiger partial charge in [-0.3, -0.25) is 4.79 Å². The zero-order valence-corrected chi connectivity index (χ0v) is 14.0. The molecule has 0 amide bonds. The van der Waals surface area contributed by atoms with Crippen LogP contribution in [0, 0.1) is 13.8 Å². The third kappa shape index (κ3) is 2.54. The van der Waals surface area contributed by atoms with E-state index in [0.717, 1.165) is 11.1 Å². The molecule has 2 aliphatic heterocycles. The van der Waals surface area contributed by atoms with Crippen LogP contribution in [0.15, 0.2) is 12.1 Å². The summed E-state index contributed by atoms with van der Waals surface area (Å²) >= 11 is 0. The second-order valence-electron chi connectivity index (χ2n) is 6.43. The largest absolute Gasteiger partial charge is 0.486 e. The summed E-state index contributed by atoms with van der Waals surface area (Å²) in [4.78, 5) is 12.5. The molecule has 1 fully saturated rings. The van der Waals surface area contributed by atoms with Gasteiger partial charge in [0, 0.05) is 25.9 Å². The van der Waals surface area contributed by atoms with Crippen molar-refractivity contribution in [2.75, 3.05) is 19.3 Å². The Labute approximate surface area is 131 Å². The Hall–Kier alpha value is -1.40. The minimum absolute atomic E-state index is 0.0946. The van der Waals surface area contributed by atoms with Gasteiger partial charge in [-0.15, -0.1) is 0 Å². The van der Waals surface area contributed by atoms with E-state index in [9.17, 15) is 13.2 Å². The summed E-state index contributed by atoms with van der Waals surface area (Å²) < 4.78 is 31.0. The highest BCUT2D eigenvalue weighted by molar-refractivity contribution is 7.88. The van der Waals surface area contributed by atoms with E-state index in [-0.39, 0.29) is 5.78 Å². The van der Waals surface area contributed by atoms with E-state index in [1.165, 1.54) is 10.6 Å². The molecule has 1 saturated heterocycles. The standard InChI is InChI=1S/C16H21NO4S/c1-11-4-5-13-14(18)10-16(21-15(13)12(11)2)6-8-17(9-7-16)22(3,19)20/h4-5H,6-10H2,1-3H3. The first-order chi connectivity index (χ1) is 10.2. The maximum Gasteiger partial charge on any atom is 0.211 e. The summed E-state index contributed by atoms with van der Waals surface area (Å²) in [5.41, 5.74) is 2.19. The average Bonchev–Trinajstić information content (AvgIpc) is 2.43. The smallest absolute Gasteiger partial charge is 0.211 e. The summed E-state index contributed by atoms with van der Waals surface area (Å²) in [5, 5.41) is 0. The van der Waals surface area contributed by atoms with Crippen LogP contribution < -0.4 is 4.74 Å². The van der Waals surface area contributed by atoms with Crippen LogP contribution in [0.2, 0.25) is 0 Å². The fourth-order valence-corrected chi connectivity index (χ4v) is 4.13. The number of carbonyl (C=O) groups is 1. The molecule has 0 radical (unpaired) electrons. The third-order valence-electron chi connectivity index (χ3n) is 4.88. The number of ether oxygens (including phenoxy) is 1. The summed E-state index contributed by atoms with van der Waals surface area (Å²) in [7, 11) is -3.18. The van der Waals surface area contributed by atoms with Gasteiger partial charge in [0.05, 0.1) is 18.2 Å². The van der Waals surface area contributed by atoms with Crippen LogP contribution in [0.1, 0.15) is 40.7 Å². The lowest BCUT2D eigenvalue weighted by atomic mass is 9.82. The number of hydrogen-bond donors (Lipinski definition) is 0. The number of fused-ring (bicyclic) bond motifs is 1. The number of benzene rings is 1. The maximum atomic E-state index is 12.5. The van der Waals surface area contributed by atoms with E-state index in [4.69, 9.17) is 4.74 Å². The van der Waals surface area contributed by atoms with Crippen molar-refractivity contribution >= 4 is 15.8 Å². The van der Waals surface area contributed by atoms with Crippen LogP contribution in [-0.4, -0.2) is 43.5 Å². The first-order valence-electron chi connectivity index (χ1n) is 7.49. The summed E-state index contributed by atoms with van der Waals surface area (Å²) in [6.07, 6.45) is 2.66. The first-order valence-corrected chi connectivity index (χ1v) is 9.34. The van der Waals surface area contributed by atoms with Gasteiger partial charge in [-0.05, 0) is 31.0 Å². The molecule has 120 valence electrons. The number of sulfonamides is 1. The Morgan fingerprint density at radius 2 is 1.82 bits per heavy atom. The minimum Gasteiger partial charge on any atom is -0.486 e. The van der Waals surface area contributed by atoms with Crippen molar-refractivity contribution in [3.8, 4) is 5.75 Å². The average molecular weight is 323 g/mol. The van der Waals surface area contributed by atoms with Gasteiger partial charge in [0.25, 0.3) is 0 Å². The normalized spacial score (nSPS) is 21.5. The molecule has 6 heteroatoms. The molecular weight excluding hydrogens is 302 g/mol. The topological polar surface area (TPSA) is 63.7 Å². The van der Waals surface area contributed by atoms with E-state index in [2.05, 4.69) is 0 Å². The zero-order valence-electron chi connectivity index (χ0n) is 13.2. The Balaban J connectivity index is 1.90. The molecule has 1 spiro atoms. The van der Waals surface area contributed by atoms with Crippen LogP contribution in [0.3, 0.4) is 0 Å². The fourth-order valence-electron chi connectivity index (χ4n) is 3.29. The molecule has 2 heterocycles. The van der Waals surface area contributed by atoms with Gasteiger partial charge in [0.1, 0.15) is 11.4 Å². The van der Waals surface area contributed by atoms with E-state index in [0.29, 0.717) is 43.7 Å². The van der Waals surface area contributed by atoms with Crippen LogP contribution >= 0.6 is 0 Å². The molecule has 1 aromatic carbocycles. The maximum absolute atomic E-state index is 12.5. The molecule has 2 aliphatic rings. The quantitative estimate of drug-likeness (QED) is 0.793. The van der Waals surface area contributed by atoms with E-state index >= 15 is 0 Å². The summed E-state index contributed by atoms with van der Waals surface area (Å²) in [6.45, 7) is 4.78. The van der Waals surface area contributed by atoms with Gasteiger partial charge in [0.2, 0.25) is 10.0 Å². The zero-order chi connectivity index (χ0) is 16.1. The van der Waals surface area contributed by atoms with Gasteiger partial charge in [0.15, 0.2) is 5.78 Å². The van der Waals surface area contributed by atoms with Gasteiger partial charge < -0.3 is 4.74 Å². The van der Waals surface area contributed by atoms with E-state index in [1.807, 2.05) is 26.0 Å². The van der Waals surface area contributed by atoms with Crippen molar-refractivity contribution in [1.82, 2.24) is 4.31 Å². The number of piperidine rings is 1. The molecule has 0 N–H and O–H groups in total. The highest BCUT2D eigenvalue weighted by Gasteiger charge is 2.44. The number of Topliss-reactive ketones (excluding diaryl/α,β-unsaturated/α-hetero) is 1. The molecule has 0 bridgehead atoms. The molecule has 3 rings (SSSR count). The predicted molar refractivity (Wildman–Crippen MR) is 83.9 cm³/mol. The SMILES string of the molecule is Cc1ccc2c(c1C)OC1(CCN(S(C)(=O)=O)CC1)CC2=O. The molecule has 1 aromatic rings. The van der Waals surface area contributed by atoms with Crippen LogP contribution in [0.25, 0.3) is 0 Å². The molecule has 22 heavy (non-hydrogen) atoms. The van der Waals surface area contributed by atoms with Crippen molar-refractivity contribution in [1.29, 1.82) is 0 Å². The van der Waals surface area contributed by atoms with Crippen molar-refractivity contribution in [2.24, 2.45) is 0 Å². The number of aryl methyl sites for hydroxylation is 1. The number of carbonyl (C=O) groups excluding carboxylic acids is 1. The Kier molecular flexibility index (Phi) is 3.57. The molecule has 0 saturated carbocycles. The number of ketones is 1. The monoisotopic (exact) mass is 323 g/mol. The second-order valence-corrected chi connectivity index (χ2v) is 8.41. The molecule has 0 aromatic heterocycles. The molecule has 0 unspecified atom stereocenters. The van der Waals surface area contributed by atoms with Crippen LogP contribution in [0.5, 0.6) is 5.75 Å². The van der Waals surface area contributed by atoms with Gasteiger partial charge in [-0.2, -0.15) is 0 Å². The second kappa shape index (κ2) is 5.06. The lowest BCUT2D eigenvalue weighted by molar-refractivity contribution is 0.00543. The van der Waals surface area contributed by atoms with E-state index < -0.39 is 15.6 Å². The Morgan fingerprint density at radius 1 is 1.18 bits per heavy atom. The van der Waals surface area contributed by atoms with Crippen LogP contribution in [0.4, 0.5) is 0 Å². The predicted octanol–water partition coefficient (Wildman–Crippen LogP) is 2.06. The number of hydrogen-bond acceptors (Lipinski definition) is 4. The summed E-state index contributed by atoms with van der Waals surface area (Å²) in [6, 6.07) is 3.78. The minimum atomic E-state index is -3.18. The number of nitrogens with zero attached hydrogens (tertiary/aromatic N) is 1. The van der Waals surface area contributed by atoms with Crippen LogP contribution in [-0.2, 0) is 10.0 Å². The molecule has 0 aliphatic carbocycles. The number of rotatable bonds is 1. The van der Waals surface area contributed by atoms with Crippen molar-refractivity contribution in [3.05, 3.63) is 28.8 Å². The van der Waals surface area contributed by atoms with Gasteiger partial charge in [-0.1, -0.05) is 6.07 Å². The highest BCUT2D eigenvalue weighted by Crippen LogP contribution is 2.41. The van der Waals surface area contributed by atoms with E-state index in [1.54, 1.807) is 0 Å². The molecule has 0 atom stereocenters. The molecular formula is C16H21NO4S. The summed E-state index contributed by atoms with van der Waals surface area (Å²) in [5.74, 6) is 0.779. The molecule has 5 nitrogen and oxygen atoms in total. The fraction of sp³-hybridized carbons (Fsp3) is 0.562.